The molecular formula is C10H17F3N2O2S. The quantitative estimate of drug-likeness (QED) is 0.687. The molecule has 18 heavy (non-hydrogen) atoms. The van der Waals surface area contributed by atoms with Crippen molar-refractivity contribution < 1.29 is 22.7 Å². The first-order valence-electron chi connectivity index (χ1n) is 5.38. The maximum absolute atomic E-state index is 12.0. The Morgan fingerprint density at radius 2 is 1.94 bits per heavy atom. The lowest BCUT2D eigenvalue weighted by Crippen LogP contribution is -2.36. The number of thiocarbonyl (C=S) groups is 1. The van der Waals surface area contributed by atoms with Crippen LogP contribution in [0.25, 0.3) is 0 Å². The predicted octanol–water partition coefficient (Wildman–Crippen LogP) is 1.48. The minimum atomic E-state index is -4.33. The molecule has 0 saturated heterocycles. The topological polar surface area (TPSA) is 55.6 Å². The fourth-order valence-electron chi connectivity index (χ4n) is 1.21. The number of halogens is 3. The second kappa shape index (κ2) is 8.25. The Kier molecular flexibility index (Phi) is 7.85. The minimum Gasteiger partial charge on any atom is -0.393 e. The summed E-state index contributed by atoms with van der Waals surface area (Å²) in [6, 6.07) is 0. The van der Waals surface area contributed by atoms with E-state index in [9.17, 15) is 18.0 Å². The average Bonchev–Trinajstić information content (AvgIpc) is 2.24. The molecule has 8 heteroatoms. The number of carbonyl (C=O) groups is 1. The van der Waals surface area contributed by atoms with Crippen LogP contribution in [0.2, 0.25) is 0 Å². The number of rotatable bonds is 8. The fourth-order valence-corrected chi connectivity index (χ4v) is 1.31. The van der Waals surface area contributed by atoms with Crippen molar-refractivity contribution in [1.29, 1.82) is 0 Å². The Hall–Kier alpha value is -0.890. The van der Waals surface area contributed by atoms with Gasteiger partial charge in [0.2, 0.25) is 5.91 Å². The van der Waals surface area contributed by atoms with E-state index in [1.54, 1.807) is 0 Å². The second-order valence-corrected chi connectivity index (χ2v) is 4.23. The van der Waals surface area contributed by atoms with Crippen molar-refractivity contribution >= 4 is 23.1 Å². The molecule has 0 aromatic carbocycles. The monoisotopic (exact) mass is 286 g/mol. The molecule has 0 aromatic rings. The van der Waals surface area contributed by atoms with Gasteiger partial charge >= 0.3 is 6.18 Å². The maximum Gasteiger partial charge on any atom is 0.389 e. The van der Waals surface area contributed by atoms with E-state index in [0.29, 0.717) is 0 Å². The molecule has 0 aliphatic heterocycles. The summed E-state index contributed by atoms with van der Waals surface area (Å²) >= 11 is 4.67. The Morgan fingerprint density at radius 1 is 1.33 bits per heavy atom. The van der Waals surface area contributed by atoms with Gasteiger partial charge in [0.15, 0.2) is 0 Å². The lowest BCUT2D eigenvalue weighted by molar-refractivity contribution is -0.149. The third-order valence-electron chi connectivity index (χ3n) is 2.17. The largest absolute Gasteiger partial charge is 0.393 e. The Bertz CT molecular complexity index is 285. The van der Waals surface area contributed by atoms with Crippen molar-refractivity contribution in [2.45, 2.75) is 25.4 Å². The number of ether oxygens (including phenoxy) is 1. The molecule has 0 spiro atoms. The van der Waals surface area contributed by atoms with E-state index in [2.05, 4.69) is 12.2 Å². The molecule has 0 fully saturated rings. The van der Waals surface area contributed by atoms with Gasteiger partial charge in [-0.15, -0.1) is 0 Å². The van der Waals surface area contributed by atoms with Gasteiger partial charge < -0.3 is 15.4 Å². The molecule has 0 radical (unpaired) electrons. The van der Waals surface area contributed by atoms with Gasteiger partial charge in [0.1, 0.15) is 0 Å². The molecule has 0 rings (SSSR count). The van der Waals surface area contributed by atoms with E-state index in [0.717, 1.165) is 0 Å². The predicted molar refractivity (Wildman–Crippen MR) is 65.1 cm³/mol. The van der Waals surface area contributed by atoms with E-state index < -0.39 is 24.9 Å². The van der Waals surface area contributed by atoms with Gasteiger partial charge in [-0.2, -0.15) is 13.2 Å². The van der Waals surface area contributed by atoms with Crippen LogP contribution >= 0.6 is 12.2 Å². The van der Waals surface area contributed by atoms with Crippen LogP contribution in [0.5, 0.6) is 0 Å². The lowest BCUT2D eigenvalue weighted by atomic mass is 10.2. The first-order chi connectivity index (χ1) is 8.26. The van der Waals surface area contributed by atoms with Crippen LogP contribution in [-0.2, 0) is 9.53 Å². The number of hydrogen-bond donors (Lipinski definition) is 1. The fraction of sp³-hybridized carbons (Fsp3) is 0.800. The van der Waals surface area contributed by atoms with Gasteiger partial charge in [0.05, 0.1) is 18.0 Å². The van der Waals surface area contributed by atoms with Gasteiger partial charge in [0.25, 0.3) is 0 Å². The van der Waals surface area contributed by atoms with E-state index in [1.165, 1.54) is 12.0 Å². The number of nitrogens with zero attached hydrogens (tertiary/aromatic N) is 1. The summed E-state index contributed by atoms with van der Waals surface area (Å²) < 4.78 is 40.8. The average molecular weight is 286 g/mol. The van der Waals surface area contributed by atoms with E-state index in [4.69, 9.17) is 10.5 Å². The van der Waals surface area contributed by atoms with Gasteiger partial charge in [-0.05, 0) is 0 Å². The summed E-state index contributed by atoms with van der Waals surface area (Å²) in [5.74, 6) is -0.569. The summed E-state index contributed by atoms with van der Waals surface area (Å²) in [6.45, 7) is 0.709. The highest BCUT2D eigenvalue weighted by Crippen LogP contribution is 2.21. The van der Waals surface area contributed by atoms with E-state index >= 15 is 0 Å². The number of carbonyl (C=O) groups excluding carboxylic acids is 1. The zero-order valence-corrected chi connectivity index (χ0v) is 10.9. The van der Waals surface area contributed by atoms with Crippen molar-refractivity contribution in [3.05, 3.63) is 0 Å². The number of alkyl halides is 3. The third kappa shape index (κ3) is 9.17. The molecule has 0 aliphatic rings. The van der Waals surface area contributed by atoms with Gasteiger partial charge in [-0.25, -0.2) is 0 Å². The van der Waals surface area contributed by atoms with Crippen LogP contribution in [0.15, 0.2) is 0 Å². The van der Waals surface area contributed by atoms with Gasteiger partial charge in [0, 0.05) is 33.0 Å². The summed E-state index contributed by atoms with van der Waals surface area (Å²) in [6.07, 6.45) is -5.73. The highest BCUT2D eigenvalue weighted by Gasteiger charge is 2.29. The van der Waals surface area contributed by atoms with Crippen LogP contribution in [0.3, 0.4) is 0 Å². The molecule has 2 N–H and O–H groups in total. The Morgan fingerprint density at radius 3 is 2.39 bits per heavy atom. The van der Waals surface area contributed by atoms with Crippen LogP contribution in [-0.4, -0.2) is 48.8 Å². The molecule has 0 aliphatic carbocycles. The van der Waals surface area contributed by atoms with Crippen LogP contribution < -0.4 is 5.73 Å². The molecular weight excluding hydrogens is 269 g/mol. The molecule has 0 atom stereocenters. The zero-order chi connectivity index (χ0) is 14.2. The molecule has 4 nitrogen and oxygen atoms in total. The number of methoxy groups -OCH3 is 1. The number of hydrogen-bond acceptors (Lipinski definition) is 3. The summed E-state index contributed by atoms with van der Waals surface area (Å²) in [5, 5.41) is 0. The van der Waals surface area contributed by atoms with E-state index in [1.807, 2.05) is 0 Å². The Labute approximate surface area is 109 Å². The highest BCUT2D eigenvalue weighted by atomic mass is 32.1. The smallest absolute Gasteiger partial charge is 0.389 e. The van der Waals surface area contributed by atoms with Gasteiger partial charge in [-0.3, -0.25) is 4.79 Å². The molecule has 0 saturated carbocycles. The second-order valence-electron chi connectivity index (χ2n) is 3.71. The van der Waals surface area contributed by atoms with Gasteiger partial charge in [-0.1, -0.05) is 12.2 Å². The minimum absolute atomic E-state index is 0.218. The molecule has 106 valence electrons. The Balaban J connectivity index is 4.25. The summed E-state index contributed by atoms with van der Waals surface area (Å²) in [4.78, 5) is 13.1. The van der Waals surface area contributed by atoms with Crippen molar-refractivity contribution in [2.75, 3.05) is 26.8 Å². The van der Waals surface area contributed by atoms with Crippen molar-refractivity contribution in [3.8, 4) is 0 Å². The normalized spacial score (nSPS) is 11.3. The SMILES string of the molecule is COCCN(CCC(N)=S)C(=O)CCC(F)(F)F. The van der Waals surface area contributed by atoms with Crippen molar-refractivity contribution in [2.24, 2.45) is 5.73 Å². The number of nitrogens with two attached hydrogens (primary N) is 1. The van der Waals surface area contributed by atoms with Crippen LogP contribution in [0.4, 0.5) is 13.2 Å². The lowest BCUT2D eigenvalue weighted by Gasteiger charge is -2.22. The third-order valence-corrected chi connectivity index (χ3v) is 2.37. The van der Waals surface area contributed by atoms with Crippen LogP contribution in [0, 0.1) is 0 Å². The zero-order valence-electron chi connectivity index (χ0n) is 10.1. The maximum atomic E-state index is 12.0. The summed E-state index contributed by atoms with van der Waals surface area (Å²) in [5.41, 5.74) is 5.29. The molecule has 0 unspecified atom stereocenters. The van der Waals surface area contributed by atoms with Crippen LogP contribution in [0.1, 0.15) is 19.3 Å². The highest BCUT2D eigenvalue weighted by molar-refractivity contribution is 7.80. The standard InChI is InChI=1S/C10H17F3N2O2S/c1-17-7-6-15(5-3-8(14)18)9(16)2-4-10(11,12)13/h2-7H2,1H3,(H2,14,18). The summed E-state index contributed by atoms with van der Waals surface area (Å²) in [7, 11) is 1.45. The van der Waals surface area contributed by atoms with Crippen molar-refractivity contribution in [1.82, 2.24) is 4.90 Å². The number of amides is 1. The first kappa shape index (κ1) is 17.1. The molecule has 0 heterocycles. The van der Waals surface area contributed by atoms with E-state index in [-0.39, 0.29) is 31.1 Å². The molecule has 0 aromatic heterocycles. The molecule has 0 bridgehead atoms. The van der Waals surface area contributed by atoms with Crippen molar-refractivity contribution in [3.63, 3.8) is 0 Å². The first-order valence-corrected chi connectivity index (χ1v) is 5.79. The molecule has 1 amide bonds.